The van der Waals surface area contributed by atoms with Crippen molar-refractivity contribution in [3.05, 3.63) is 35.4 Å². The maximum absolute atomic E-state index is 12.5. The van der Waals surface area contributed by atoms with Gasteiger partial charge in [-0.25, -0.2) is 16.8 Å². The molecule has 0 saturated carbocycles. The zero-order valence-corrected chi connectivity index (χ0v) is 13.7. The third kappa shape index (κ3) is 4.05. The second-order valence-electron chi connectivity index (χ2n) is 5.65. The Balaban J connectivity index is 2.28. The third-order valence-electron chi connectivity index (χ3n) is 3.95. The molecular weight excluding hydrogens is 310 g/mol. The maximum atomic E-state index is 12.5. The third-order valence-corrected chi connectivity index (χ3v) is 7.38. The molecule has 2 rings (SSSR count). The van der Waals surface area contributed by atoms with E-state index in [2.05, 4.69) is 0 Å². The molecule has 0 heterocycles. The quantitative estimate of drug-likeness (QED) is 0.826. The summed E-state index contributed by atoms with van der Waals surface area (Å²) < 4.78 is 47.3. The molecule has 0 spiro atoms. The number of hydrogen-bond acceptors (Lipinski definition) is 5. The van der Waals surface area contributed by atoms with Crippen molar-refractivity contribution in [3.63, 3.8) is 0 Å². The van der Waals surface area contributed by atoms with Crippen molar-refractivity contribution in [3.8, 4) is 0 Å². The Kier molecular flexibility index (Phi) is 4.75. The monoisotopic (exact) mass is 331 g/mol. The van der Waals surface area contributed by atoms with Gasteiger partial charge in [-0.1, -0.05) is 24.3 Å². The summed E-state index contributed by atoms with van der Waals surface area (Å²) in [5.74, 6) is -0.702. The van der Waals surface area contributed by atoms with Crippen LogP contribution in [0.5, 0.6) is 0 Å². The van der Waals surface area contributed by atoms with Gasteiger partial charge in [0.05, 0.1) is 16.8 Å². The van der Waals surface area contributed by atoms with Crippen molar-refractivity contribution < 1.29 is 16.8 Å². The Labute approximate surface area is 126 Å². The first-order valence-electron chi connectivity index (χ1n) is 6.93. The van der Waals surface area contributed by atoms with Crippen molar-refractivity contribution in [2.24, 2.45) is 5.73 Å². The Morgan fingerprint density at radius 3 is 2.48 bits per heavy atom. The van der Waals surface area contributed by atoms with Crippen LogP contribution >= 0.6 is 0 Å². The lowest BCUT2D eigenvalue weighted by Gasteiger charge is -2.23. The van der Waals surface area contributed by atoms with E-state index in [0.29, 0.717) is 6.42 Å². The zero-order chi connectivity index (χ0) is 15.7. The van der Waals surface area contributed by atoms with Crippen molar-refractivity contribution in [1.29, 1.82) is 0 Å². The predicted octanol–water partition coefficient (Wildman–Crippen LogP) is 0.851. The fourth-order valence-corrected chi connectivity index (χ4v) is 6.34. The Bertz CT molecular complexity index is 710. The summed E-state index contributed by atoms with van der Waals surface area (Å²) in [6, 6.07) is 7.02. The number of sulfone groups is 2. The van der Waals surface area contributed by atoms with E-state index in [1.807, 2.05) is 24.3 Å². The predicted molar refractivity (Wildman–Crippen MR) is 83.6 cm³/mol. The summed E-state index contributed by atoms with van der Waals surface area (Å²) in [5, 5.41) is -0.706. The molecule has 7 heteroatoms. The minimum absolute atomic E-state index is 0.347. The van der Waals surface area contributed by atoms with Crippen LogP contribution in [0, 0.1) is 0 Å². The second kappa shape index (κ2) is 6.06. The van der Waals surface area contributed by atoms with E-state index in [1.54, 1.807) is 0 Å². The average Bonchev–Trinajstić information content (AvgIpc) is 2.56. The molecule has 0 fully saturated rings. The smallest absolute Gasteiger partial charge is 0.156 e. The summed E-state index contributed by atoms with van der Waals surface area (Å²) in [6.07, 6.45) is 3.07. The molecule has 2 unspecified atom stereocenters. The second-order valence-corrected chi connectivity index (χ2v) is 10.3. The molecule has 2 N–H and O–H groups in total. The molecule has 1 aromatic carbocycles. The van der Waals surface area contributed by atoms with Gasteiger partial charge in [0.25, 0.3) is 0 Å². The number of aryl methyl sites for hydroxylation is 1. The van der Waals surface area contributed by atoms with Crippen molar-refractivity contribution in [2.75, 3.05) is 17.8 Å². The highest BCUT2D eigenvalue weighted by Crippen LogP contribution is 2.31. The van der Waals surface area contributed by atoms with Crippen molar-refractivity contribution in [2.45, 2.75) is 30.6 Å². The molecule has 0 saturated heterocycles. The molecule has 0 bridgehead atoms. The largest absolute Gasteiger partial charge is 0.323 e. The van der Waals surface area contributed by atoms with E-state index in [1.165, 1.54) is 0 Å². The number of benzene rings is 1. The van der Waals surface area contributed by atoms with Gasteiger partial charge < -0.3 is 5.73 Å². The summed E-state index contributed by atoms with van der Waals surface area (Å²) in [7, 11) is -6.84. The Morgan fingerprint density at radius 2 is 1.81 bits per heavy atom. The van der Waals surface area contributed by atoms with E-state index in [9.17, 15) is 16.8 Å². The highest BCUT2D eigenvalue weighted by molar-refractivity contribution is 7.95. The number of nitrogens with two attached hydrogens (primary N) is 1. The lowest BCUT2D eigenvalue weighted by Crippen LogP contribution is -2.36. The molecule has 5 nitrogen and oxygen atoms in total. The van der Waals surface area contributed by atoms with Gasteiger partial charge in [0.1, 0.15) is 9.84 Å². The van der Waals surface area contributed by atoms with E-state index < -0.39 is 31.0 Å². The first kappa shape index (κ1) is 16.5. The molecular formula is C14H21NO4S2. The summed E-state index contributed by atoms with van der Waals surface area (Å²) >= 11 is 0. The first-order chi connectivity index (χ1) is 9.71. The van der Waals surface area contributed by atoms with Crippen LogP contribution in [-0.4, -0.2) is 39.8 Å². The van der Waals surface area contributed by atoms with Crippen LogP contribution in [0.15, 0.2) is 24.3 Å². The van der Waals surface area contributed by atoms with Gasteiger partial charge in [-0.3, -0.25) is 0 Å². The minimum atomic E-state index is -3.54. The molecule has 2 atom stereocenters. The molecule has 0 aromatic heterocycles. The van der Waals surface area contributed by atoms with Gasteiger partial charge in [0.2, 0.25) is 0 Å². The maximum Gasteiger partial charge on any atom is 0.156 e. The normalized spacial score (nSPS) is 23.3. The minimum Gasteiger partial charge on any atom is -0.323 e. The van der Waals surface area contributed by atoms with Crippen LogP contribution in [0.4, 0.5) is 0 Å². The number of fused-ring (bicyclic) bond motifs is 1. The van der Waals surface area contributed by atoms with Crippen LogP contribution in [0.3, 0.4) is 0 Å². The van der Waals surface area contributed by atoms with Gasteiger partial charge in [-0.15, -0.1) is 0 Å². The highest BCUT2D eigenvalue weighted by Gasteiger charge is 2.34. The standard InChI is InChI=1S/C14H21NO4S2/c1-20(16,17)9-10-21(18,19)13-8-4-6-11-5-2-3-7-12(11)14(13)15/h2-3,5,7,13-14H,4,6,8-10,15H2,1H3. The average molecular weight is 331 g/mol. The number of rotatable bonds is 4. The molecule has 1 aliphatic carbocycles. The molecule has 0 amide bonds. The molecule has 118 valence electrons. The highest BCUT2D eigenvalue weighted by atomic mass is 32.2. The molecule has 1 aliphatic rings. The lowest BCUT2D eigenvalue weighted by molar-refractivity contribution is 0.540. The SMILES string of the molecule is CS(=O)(=O)CCS(=O)(=O)C1CCCc2ccccc2C1N. The Hall–Kier alpha value is -0.920. The molecule has 0 radical (unpaired) electrons. The lowest BCUT2D eigenvalue weighted by atomic mass is 10.00. The van der Waals surface area contributed by atoms with E-state index in [0.717, 1.165) is 30.2 Å². The van der Waals surface area contributed by atoms with Crippen LogP contribution in [0.1, 0.15) is 30.0 Å². The van der Waals surface area contributed by atoms with Crippen molar-refractivity contribution in [1.82, 2.24) is 0 Å². The zero-order valence-electron chi connectivity index (χ0n) is 12.0. The summed E-state index contributed by atoms with van der Waals surface area (Å²) in [6.45, 7) is 0. The Morgan fingerprint density at radius 1 is 1.14 bits per heavy atom. The van der Waals surface area contributed by atoms with Gasteiger partial charge in [0, 0.05) is 12.3 Å². The fraction of sp³-hybridized carbons (Fsp3) is 0.571. The van der Waals surface area contributed by atoms with Gasteiger partial charge in [-0.05, 0) is 30.4 Å². The van der Waals surface area contributed by atoms with Gasteiger partial charge in [-0.2, -0.15) is 0 Å². The molecule has 21 heavy (non-hydrogen) atoms. The molecule has 1 aromatic rings. The molecule has 0 aliphatic heterocycles. The van der Waals surface area contributed by atoms with E-state index >= 15 is 0 Å². The van der Waals surface area contributed by atoms with Gasteiger partial charge >= 0.3 is 0 Å². The van der Waals surface area contributed by atoms with Crippen LogP contribution in [-0.2, 0) is 26.1 Å². The summed E-state index contributed by atoms with van der Waals surface area (Å²) in [4.78, 5) is 0. The van der Waals surface area contributed by atoms with Crippen molar-refractivity contribution >= 4 is 19.7 Å². The topological polar surface area (TPSA) is 94.3 Å². The number of hydrogen-bond donors (Lipinski definition) is 1. The summed E-state index contributed by atoms with van der Waals surface area (Å²) in [5.41, 5.74) is 8.14. The van der Waals surface area contributed by atoms with Gasteiger partial charge in [0.15, 0.2) is 9.84 Å². The van der Waals surface area contributed by atoms with Crippen LogP contribution in [0.2, 0.25) is 0 Å². The van der Waals surface area contributed by atoms with E-state index in [-0.39, 0.29) is 11.5 Å². The van der Waals surface area contributed by atoms with Crippen LogP contribution in [0.25, 0.3) is 0 Å². The fourth-order valence-electron chi connectivity index (χ4n) is 2.78. The van der Waals surface area contributed by atoms with Crippen LogP contribution < -0.4 is 5.73 Å². The van der Waals surface area contributed by atoms with E-state index in [4.69, 9.17) is 5.73 Å². The first-order valence-corrected chi connectivity index (χ1v) is 10.7.